The van der Waals surface area contributed by atoms with Gasteiger partial charge in [0.15, 0.2) is 0 Å². The summed E-state index contributed by atoms with van der Waals surface area (Å²) in [5, 5.41) is 0. The van der Waals surface area contributed by atoms with Crippen molar-refractivity contribution in [1.82, 2.24) is 9.62 Å². The van der Waals surface area contributed by atoms with E-state index in [1.165, 1.54) is 0 Å². The molecular formula is C21H29N3O3S. The second-order valence-electron chi connectivity index (χ2n) is 7.17. The molecular weight excluding hydrogens is 374 g/mol. The molecule has 1 aliphatic heterocycles. The van der Waals surface area contributed by atoms with Crippen LogP contribution in [0, 0.1) is 13.8 Å². The molecule has 28 heavy (non-hydrogen) atoms. The van der Waals surface area contributed by atoms with E-state index in [0.717, 1.165) is 48.7 Å². The van der Waals surface area contributed by atoms with Crippen LogP contribution in [0.15, 0.2) is 47.4 Å². The topological polar surface area (TPSA) is 61.9 Å². The van der Waals surface area contributed by atoms with Crippen LogP contribution >= 0.6 is 0 Å². The number of hydrogen-bond donors (Lipinski definition) is 1. The third kappa shape index (κ3) is 4.84. The van der Waals surface area contributed by atoms with Gasteiger partial charge in [-0.2, -0.15) is 0 Å². The molecule has 0 unspecified atom stereocenters. The Labute approximate surface area is 168 Å². The summed E-state index contributed by atoms with van der Waals surface area (Å²) in [4.78, 5) is 4.97. The highest BCUT2D eigenvalue weighted by Crippen LogP contribution is 2.28. The van der Waals surface area contributed by atoms with Crippen LogP contribution < -0.4 is 14.4 Å². The molecule has 1 N–H and O–H groups in total. The van der Waals surface area contributed by atoms with E-state index >= 15 is 0 Å². The number of piperazine rings is 1. The fourth-order valence-corrected chi connectivity index (χ4v) is 4.86. The van der Waals surface area contributed by atoms with Crippen molar-refractivity contribution in [2.75, 3.05) is 51.3 Å². The zero-order valence-electron chi connectivity index (χ0n) is 16.8. The fourth-order valence-electron chi connectivity index (χ4n) is 3.52. The standard InChI is InChI=1S/C21H29N3O3S/c1-17-8-9-18(2)21(16-17)28(25,26)22-10-11-23-12-14-24(15-13-23)19-6-4-5-7-20(19)27-3/h4-9,16,22H,10-15H2,1-3H3. The Morgan fingerprint density at radius 2 is 1.75 bits per heavy atom. The fraction of sp³-hybridized carbons (Fsp3) is 0.429. The van der Waals surface area contributed by atoms with Crippen LogP contribution in [-0.4, -0.2) is 59.7 Å². The second-order valence-corrected chi connectivity index (χ2v) is 8.90. The van der Waals surface area contributed by atoms with Crippen molar-refractivity contribution >= 4 is 15.7 Å². The summed E-state index contributed by atoms with van der Waals surface area (Å²) in [6, 6.07) is 13.5. The molecule has 6 nitrogen and oxygen atoms in total. The van der Waals surface area contributed by atoms with Gasteiger partial charge in [-0.05, 0) is 43.2 Å². The summed E-state index contributed by atoms with van der Waals surface area (Å²) >= 11 is 0. The zero-order valence-corrected chi connectivity index (χ0v) is 17.6. The van der Waals surface area contributed by atoms with Crippen LogP contribution in [0.3, 0.4) is 0 Å². The van der Waals surface area contributed by atoms with Gasteiger partial charge in [0, 0.05) is 39.3 Å². The summed E-state index contributed by atoms with van der Waals surface area (Å²) in [6.45, 7) is 8.40. The number of methoxy groups -OCH3 is 1. The lowest BCUT2D eigenvalue weighted by Gasteiger charge is -2.36. The van der Waals surface area contributed by atoms with Gasteiger partial charge >= 0.3 is 0 Å². The number of aryl methyl sites for hydroxylation is 2. The Kier molecular flexibility index (Phi) is 6.59. The molecule has 0 amide bonds. The molecule has 1 aliphatic rings. The highest BCUT2D eigenvalue weighted by atomic mass is 32.2. The third-order valence-corrected chi connectivity index (χ3v) is 6.75. The van der Waals surface area contributed by atoms with Crippen molar-refractivity contribution in [3.05, 3.63) is 53.6 Å². The van der Waals surface area contributed by atoms with Crippen LogP contribution in [0.1, 0.15) is 11.1 Å². The largest absolute Gasteiger partial charge is 0.495 e. The predicted molar refractivity (Wildman–Crippen MR) is 113 cm³/mol. The van der Waals surface area contributed by atoms with Gasteiger partial charge in [-0.15, -0.1) is 0 Å². The lowest BCUT2D eigenvalue weighted by atomic mass is 10.2. The number of nitrogens with one attached hydrogen (secondary N) is 1. The quantitative estimate of drug-likeness (QED) is 0.769. The average Bonchev–Trinajstić information content (AvgIpc) is 2.70. The van der Waals surface area contributed by atoms with Crippen LogP contribution in [0.5, 0.6) is 5.75 Å². The minimum absolute atomic E-state index is 0.369. The van der Waals surface area contributed by atoms with Crippen LogP contribution in [0.25, 0.3) is 0 Å². The monoisotopic (exact) mass is 403 g/mol. The SMILES string of the molecule is COc1ccccc1N1CCN(CCNS(=O)(=O)c2cc(C)ccc2C)CC1. The molecule has 7 heteroatoms. The van der Waals surface area contributed by atoms with E-state index in [4.69, 9.17) is 4.74 Å². The van der Waals surface area contributed by atoms with Gasteiger partial charge in [-0.1, -0.05) is 24.3 Å². The summed E-state index contributed by atoms with van der Waals surface area (Å²) in [5.74, 6) is 0.886. The molecule has 2 aromatic rings. The lowest BCUT2D eigenvalue weighted by molar-refractivity contribution is 0.261. The molecule has 0 atom stereocenters. The maximum Gasteiger partial charge on any atom is 0.240 e. The van der Waals surface area contributed by atoms with E-state index in [0.29, 0.717) is 18.0 Å². The first-order valence-electron chi connectivity index (χ1n) is 9.58. The summed E-state index contributed by atoms with van der Waals surface area (Å²) < 4.78 is 33.4. The summed E-state index contributed by atoms with van der Waals surface area (Å²) in [7, 11) is -1.79. The highest BCUT2D eigenvalue weighted by molar-refractivity contribution is 7.89. The Morgan fingerprint density at radius 1 is 1.04 bits per heavy atom. The van der Waals surface area contributed by atoms with Gasteiger partial charge in [-0.3, -0.25) is 4.90 Å². The molecule has 0 aliphatic carbocycles. The second kappa shape index (κ2) is 8.94. The minimum Gasteiger partial charge on any atom is -0.495 e. The molecule has 0 radical (unpaired) electrons. The highest BCUT2D eigenvalue weighted by Gasteiger charge is 2.21. The number of para-hydroxylation sites is 2. The first-order chi connectivity index (χ1) is 13.4. The molecule has 2 aromatic carbocycles. The third-order valence-electron chi connectivity index (χ3n) is 5.15. The van der Waals surface area contributed by atoms with E-state index in [1.54, 1.807) is 13.2 Å². The Bertz CT molecular complexity index is 907. The molecule has 1 heterocycles. The Hall–Kier alpha value is -2.09. The smallest absolute Gasteiger partial charge is 0.240 e. The first kappa shape index (κ1) is 20.6. The minimum atomic E-state index is -3.48. The maximum atomic E-state index is 12.6. The normalized spacial score (nSPS) is 15.6. The van der Waals surface area contributed by atoms with Crippen molar-refractivity contribution in [2.45, 2.75) is 18.7 Å². The number of ether oxygens (including phenoxy) is 1. The van der Waals surface area contributed by atoms with Gasteiger partial charge in [-0.25, -0.2) is 13.1 Å². The predicted octanol–water partition coefficient (Wildman–Crippen LogP) is 2.41. The van der Waals surface area contributed by atoms with Gasteiger partial charge in [0.2, 0.25) is 10.0 Å². The maximum absolute atomic E-state index is 12.6. The van der Waals surface area contributed by atoms with E-state index < -0.39 is 10.0 Å². The number of benzene rings is 2. The van der Waals surface area contributed by atoms with Gasteiger partial charge in [0.1, 0.15) is 5.75 Å². The van der Waals surface area contributed by atoms with Gasteiger partial charge < -0.3 is 9.64 Å². The van der Waals surface area contributed by atoms with Crippen molar-refractivity contribution in [3.8, 4) is 5.75 Å². The molecule has 1 saturated heterocycles. The molecule has 3 rings (SSSR count). The van der Waals surface area contributed by atoms with Gasteiger partial charge in [0.05, 0.1) is 17.7 Å². The van der Waals surface area contributed by atoms with Gasteiger partial charge in [0.25, 0.3) is 0 Å². The van der Waals surface area contributed by atoms with Crippen molar-refractivity contribution in [1.29, 1.82) is 0 Å². The number of anilines is 1. The molecule has 1 fully saturated rings. The first-order valence-corrected chi connectivity index (χ1v) is 11.1. The Balaban J connectivity index is 1.51. The number of nitrogens with zero attached hydrogens (tertiary/aromatic N) is 2. The number of rotatable bonds is 7. The molecule has 0 spiro atoms. The molecule has 152 valence electrons. The molecule has 0 saturated carbocycles. The van der Waals surface area contributed by atoms with E-state index in [1.807, 2.05) is 44.2 Å². The zero-order chi connectivity index (χ0) is 20.1. The van der Waals surface area contributed by atoms with E-state index in [-0.39, 0.29) is 0 Å². The number of sulfonamides is 1. The van der Waals surface area contributed by atoms with E-state index in [9.17, 15) is 8.42 Å². The van der Waals surface area contributed by atoms with Crippen LogP contribution in [-0.2, 0) is 10.0 Å². The summed E-state index contributed by atoms with van der Waals surface area (Å²) in [5.41, 5.74) is 2.82. The molecule has 0 aromatic heterocycles. The van der Waals surface area contributed by atoms with Crippen LogP contribution in [0.2, 0.25) is 0 Å². The number of hydrogen-bond acceptors (Lipinski definition) is 5. The van der Waals surface area contributed by atoms with Crippen LogP contribution in [0.4, 0.5) is 5.69 Å². The van der Waals surface area contributed by atoms with Crippen molar-refractivity contribution in [2.24, 2.45) is 0 Å². The van der Waals surface area contributed by atoms with E-state index in [2.05, 4.69) is 20.6 Å². The summed E-state index contributed by atoms with van der Waals surface area (Å²) in [6.07, 6.45) is 0. The molecule has 0 bridgehead atoms. The average molecular weight is 404 g/mol. The lowest BCUT2D eigenvalue weighted by Crippen LogP contribution is -2.48. The Morgan fingerprint density at radius 3 is 2.46 bits per heavy atom. The van der Waals surface area contributed by atoms with Crippen molar-refractivity contribution in [3.63, 3.8) is 0 Å². The van der Waals surface area contributed by atoms with Crippen molar-refractivity contribution < 1.29 is 13.2 Å².